The number of halogens is 3. The van der Waals surface area contributed by atoms with E-state index >= 15 is 0 Å². The van der Waals surface area contributed by atoms with Crippen molar-refractivity contribution >= 4 is 27.5 Å². The molecule has 0 radical (unpaired) electrons. The van der Waals surface area contributed by atoms with Crippen LogP contribution < -0.4 is 5.32 Å². The molecule has 6 heteroatoms. The van der Waals surface area contributed by atoms with Crippen molar-refractivity contribution in [1.82, 2.24) is 5.32 Å². The SMILES string of the molecule is Cc1ccccc1C(NC(=O)C(F)(F)F)C(O)(Cc1ccc2ccccc2c1)Cc1ccc2ccccc2c1. The van der Waals surface area contributed by atoms with Crippen LogP contribution in [0.1, 0.15) is 28.3 Å². The summed E-state index contributed by atoms with van der Waals surface area (Å²) in [6, 6.07) is 32.5. The fourth-order valence-electron chi connectivity index (χ4n) is 5.30. The molecule has 0 aromatic heterocycles. The van der Waals surface area contributed by atoms with E-state index in [1.54, 1.807) is 31.2 Å². The van der Waals surface area contributed by atoms with E-state index in [1.165, 1.54) is 0 Å². The number of amides is 1. The van der Waals surface area contributed by atoms with Crippen LogP contribution in [0.25, 0.3) is 21.5 Å². The second-order valence-electron chi connectivity index (χ2n) is 10.1. The van der Waals surface area contributed by atoms with E-state index in [4.69, 9.17) is 0 Å². The standard InChI is InChI=1S/C33H28F3NO2/c1-22-8-2-7-13-29(22)30(37-31(38)33(34,35)36)32(39,20-23-14-16-25-9-3-5-11-27(25)18-23)21-24-15-17-26-10-4-6-12-28(26)19-24/h2-19,30,39H,20-21H2,1H3,(H,37,38). The summed E-state index contributed by atoms with van der Waals surface area (Å²) in [7, 11) is 0. The molecule has 39 heavy (non-hydrogen) atoms. The molecule has 0 spiro atoms. The second-order valence-corrected chi connectivity index (χ2v) is 10.1. The number of rotatable bonds is 7. The van der Waals surface area contributed by atoms with Gasteiger partial charge in [-0.05, 0) is 50.7 Å². The van der Waals surface area contributed by atoms with Crippen LogP contribution in [0, 0.1) is 6.92 Å². The van der Waals surface area contributed by atoms with Gasteiger partial charge in [0.2, 0.25) is 0 Å². The number of alkyl halides is 3. The van der Waals surface area contributed by atoms with Crippen molar-refractivity contribution in [3.8, 4) is 0 Å². The fourth-order valence-corrected chi connectivity index (χ4v) is 5.30. The smallest absolute Gasteiger partial charge is 0.387 e. The van der Waals surface area contributed by atoms with Crippen LogP contribution in [-0.2, 0) is 17.6 Å². The minimum Gasteiger partial charge on any atom is -0.387 e. The average Bonchev–Trinajstić information content (AvgIpc) is 2.91. The molecule has 1 amide bonds. The van der Waals surface area contributed by atoms with Gasteiger partial charge in [0.15, 0.2) is 0 Å². The first-order valence-electron chi connectivity index (χ1n) is 12.7. The molecule has 0 saturated carbocycles. The van der Waals surface area contributed by atoms with Crippen molar-refractivity contribution in [2.24, 2.45) is 0 Å². The lowest BCUT2D eigenvalue weighted by Crippen LogP contribution is -2.52. The second kappa shape index (κ2) is 10.5. The topological polar surface area (TPSA) is 49.3 Å². The van der Waals surface area contributed by atoms with E-state index < -0.39 is 23.7 Å². The number of hydrogen-bond donors (Lipinski definition) is 2. The molecule has 0 saturated heterocycles. The first-order chi connectivity index (χ1) is 18.6. The van der Waals surface area contributed by atoms with Gasteiger partial charge in [0.05, 0.1) is 11.6 Å². The zero-order valence-electron chi connectivity index (χ0n) is 21.4. The zero-order chi connectivity index (χ0) is 27.6. The van der Waals surface area contributed by atoms with Crippen molar-refractivity contribution in [2.45, 2.75) is 37.6 Å². The third-order valence-corrected chi connectivity index (χ3v) is 7.22. The largest absolute Gasteiger partial charge is 0.471 e. The van der Waals surface area contributed by atoms with E-state index in [-0.39, 0.29) is 12.8 Å². The highest BCUT2D eigenvalue weighted by Gasteiger charge is 2.46. The average molecular weight is 528 g/mol. The predicted molar refractivity (Wildman–Crippen MR) is 148 cm³/mol. The molecule has 198 valence electrons. The minimum atomic E-state index is -5.10. The maximum absolute atomic E-state index is 13.5. The molecule has 0 aliphatic rings. The number of aryl methyl sites for hydroxylation is 1. The molecule has 0 bridgehead atoms. The van der Waals surface area contributed by atoms with Crippen LogP contribution in [0.3, 0.4) is 0 Å². The monoisotopic (exact) mass is 527 g/mol. The van der Waals surface area contributed by atoms with Gasteiger partial charge < -0.3 is 10.4 Å². The van der Waals surface area contributed by atoms with Gasteiger partial charge in [0.25, 0.3) is 0 Å². The summed E-state index contributed by atoms with van der Waals surface area (Å²) in [6.45, 7) is 1.76. The van der Waals surface area contributed by atoms with E-state index in [0.717, 1.165) is 32.7 Å². The lowest BCUT2D eigenvalue weighted by molar-refractivity contribution is -0.176. The van der Waals surface area contributed by atoms with Crippen molar-refractivity contribution in [3.05, 3.63) is 131 Å². The lowest BCUT2D eigenvalue weighted by Gasteiger charge is -2.38. The minimum absolute atomic E-state index is 0.0157. The molecule has 0 fully saturated rings. The highest BCUT2D eigenvalue weighted by molar-refractivity contribution is 5.84. The van der Waals surface area contributed by atoms with Gasteiger partial charge in [0, 0.05) is 12.8 Å². The number of benzene rings is 5. The molecular weight excluding hydrogens is 499 g/mol. The number of carbonyl (C=O) groups excluding carboxylic acids is 1. The maximum atomic E-state index is 13.5. The third kappa shape index (κ3) is 5.81. The third-order valence-electron chi connectivity index (χ3n) is 7.22. The summed E-state index contributed by atoms with van der Waals surface area (Å²) in [5.41, 5.74) is 0.797. The molecule has 0 aliphatic heterocycles. The normalized spacial score (nSPS) is 12.9. The van der Waals surface area contributed by atoms with Gasteiger partial charge in [0.1, 0.15) is 0 Å². The first-order valence-corrected chi connectivity index (χ1v) is 12.7. The van der Waals surface area contributed by atoms with Crippen molar-refractivity contribution in [2.75, 3.05) is 0 Å². The number of hydrogen-bond acceptors (Lipinski definition) is 2. The Morgan fingerprint density at radius 3 is 1.67 bits per heavy atom. The van der Waals surface area contributed by atoms with Crippen LogP contribution in [0.15, 0.2) is 109 Å². The van der Waals surface area contributed by atoms with E-state index in [1.807, 2.05) is 84.9 Å². The van der Waals surface area contributed by atoms with Crippen LogP contribution in [0.2, 0.25) is 0 Å². The molecule has 5 aromatic rings. The Balaban J connectivity index is 1.64. The molecular formula is C33H28F3NO2. The predicted octanol–water partition coefficient (Wildman–Crippen LogP) is 7.24. The molecule has 2 N–H and O–H groups in total. The fraction of sp³-hybridized carbons (Fsp3) is 0.182. The van der Waals surface area contributed by atoms with Gasteiger partial charge in [-0.15, -0.1) is 0 Å². The van der Waals surface area contributed by atoms with Gasteiger partial charge in [-0.1, -0.05) is 109 Å². The van der Waals surface area contributed by atoms with Crippen molar-refractivity contribution < 1.29 is 23.1 Å². The highest BCUT2D eigenvalue weighted by atomic mass is 19.4. The quantitative estimate of drug-likeness (QED) is 0.234. The Kier molecular flexibility index (Phi) is 7.15. The van der Waals surface area contributed by atoms with E-state index in [9.17, 15) is 23.1 Å². The molecule has 0 aliphatic carbocycles. The number of aliphatic hydroxyl groups is 1. The van der Waals surface area contributed by atoms with E-state index in [0.29, 0.717) is 11.1 Å². The van der Waals surface area contributed by atoms with E-state index in [2.05, 4.69) is 5.32 Å². The molecule has 1 atom stereocenters. The molecule has 5 rings (SSSR count). The Morgan fingerprint density at radius 2 is 1.18 bits per heavy atom. The van der Waals surface area contributed by atoms with Crippen LogP contribution in [-0.4, -0.2) is 22.8 Å². The number of carbonyl (C=O) groups is 1. The summed E-state index contributed by atoms with van der Waals surface area (Å²) in [4.78, 5) is 12.3. The van der Waals surface area contributed by atoms with Crippen molar-refractivity contribution in [1.29, 1.82) is 0 Å². The van der Waals surface area contributed by atoms with Gasteiger partial charge in [-0.2, -0.15) is 13.2 Å². The Hall–Kier alpha value is -4.16. The Labute approximate surface area is 224 Å². The van der Waals surface area contributed by atoms with Gasteiger partial charge in [-0.3, -0.25) is 4.79 Å². The summed E-state index contributed by atoms with van der Waals surface area (Å²) < 4.78 is 40.6. The zero-order valence-corrected chi connectivity index (χ0v) is 21.4. The molecule has 1 unspecified atom stereocenters. The summed E-state index contributed by atoms with van der Waals surface area (Å²) in [6.07, 6.45) is -5.07. The highest BCUT2D eigenvalue weighted by Crippen LogP contribution is 2.36. The number of fused-ring (bicyclic) bond motifs is 2. The summed E-state index contributed by atoms with van der Waals surface area (Å²) in [5, 5.41) is 18.5. The van der Waals surface area contributed by atoms with Gasteiger partial charge >= 0.3 is 12.1 Å². The van der Waals surface area contributed by atoms with Gasteiger partial charge in [-0.25, -0.2) is 0 Å². The number of nitrogens with one attached hydrogen (secondary N) is 1. The lowest BCUT2D eigenvalue weighted by atomic mass is 9.77. The maximum Gasteiger partial charge on any atom is 0.471 e. The molecule has 5 aromatic carbocycles. The van der Waals surface area contributed by atoms with Crippen LogP contribution >= 0.6 is 0 Å². The molecule has 0 heterocycles. The summed E-state index contributed by atoms with van der Waals surface area (Å²) >= 11 is 0. The summed E-state index contributed by atoms with van der Waals surface area (Å²) in [5.74, 6) is -2.09. The van der Waals surface area contributed by atoms with Crippen LogP contribution in [0.4, 0.5) is 13.2 Å². The Morgan fingerprint density at radius 1 is 0.718 bits per heavy atom. The van der Waals surface area contributed by atoms with Crippen LogP contribution in [0.5, 0.6) is 0 Å². The first kappa shape index (κ1) is 26.4. The molecule has 3 nitrogen and oxygen atoms in total. The Bertz CT molecular complexity index is 1560. The van der Waals surface area contributed by atoms with Crippen molar-refractivity contribution in [3.63, 3.8) is 0 Å².